The van der Waals surface area contributed by atoms with E-state index in [1.165, 1.54) is 19.4 Å². The van der Waals surface area contributed by atoms with Crippen molar-refractivity contribution in [2.45, 2.75) is 26.4 Å². The van der Waals surface area contributed by atoms with Crippen LogP contribution in [0.1, 0.15) is 24.1 Å². The standard InChI is InChI=1S/C15H25N3O/c1-12-14(11-19)4-5-15(16-12)18-8-6-13(7-9-18)10-17(2)3/h4-5,13,19H,6-11H2,1-3H3. The van der Waals surface area contributed by atoms with Crippen molar-refractivity contribution in [3.8, 4) is 0 Å². The van der Waals surface area contributed by atoms with E-state index < -0.39 is 0 Å². The highest BCUT2D eigenvalue weighted by Gasteiger charge is 2.20. The summed E-state index contributed by atoms with van der Waals surface area (Å²) < 4.78 is 0. The van der Waals surface area contributed by atoms with Crippen LogP contribution >= 0.6 is 0 Å². The summed E-state index contributed by atoms with van der Waals surface area (Å²) >= 11 is 0. The number of hydrogen-bond donors (Lipinski definition) is 1. The molecule has 1 fully saturated rings. The number of piperidine rings is 1. The Morgan fingerprint density at radius 2 is 2.00 bits per heavy atom. The SMILES string of the molecule is Cc1nc(N2CCC(CN(C)C)CC2)ccc1CO. The van der Waals surface area contributed by atoms with E-state index in [1.54, 1.807) is 0 Å². The summed E-state index contributed by atoms with van der Waals surface area (Å²) in [7, 11) is 4.29. The number of pyridine rings is 1. The van der Waals surface area contributed by atoms with Crippen molar-refractivity contribution in [1.82, 2.24) is 9.88 Å². The minimum atomic E-state index is 0.0734. The van der Waals surface area contributed by atoms with Gasteiger partial charge in [-0.05, 0) is 51.4 Å². The molecule has 0 aliphatic carbocycles. The van der Waals surface area contributed by atoms with Gasteiger partial charge < -0.3 is 14.9 Å². The average Bonchev–Trinajstić information content (AvgIpc) is 2.39. The second-order valence-corrected chi connectivity index (χ2v) is 5.76. The van der Waals surface area contributed by atoms with E-state index in [1.807, 2.05) is 19.1 Å². The van der Waals surface area contributed by atoms with Gasteiger partial charge >= 0.3 is 0 Å². The summed E-state index contributed by atoms with van der Waals surface area (Å²) in [5, 5.41) is 9.18. The fourth-order valence-electron chi connectivity index (χ4n) is 2.78. The quantitative estimate of drug-likeness (QED) is 0.897. The molecule has 0 unspecified atom stereocenters. The molecule has 106 valence electrons. The first-order valence-corrected chi connectivity index (χ1v) is 7.07. The molecule has 0 amide bonds. The molecule has 0 saturated carbocycles. The van der Waals surface area contributed by atoms with E-state index >= 15 is 0 Å². The van der Waals surface area contributed by atoms with Gasteiger partial charge in [0.25, 0.3) is 0 Å². The summed E-state index contributed by atoms with van der Waals surface area (Å²) in [6.07, 6.45) is 2.47. The van der Waals surface area contributed by atoms with Crippen molar-refractivity contribution in [3.63, 3.8) is 0 Å². The average molecular weight is 263 g/mol. The highest BCUT2D eigenvalue weighted by atomic mass is 16.3. The van der Waals surface area contributed by atoms with Gasteiger partial charge in [0.15, 0.2) is 0 Å². The lowest BCUT2D eigenvalue weighted by molar-refractivity contribution is 0.280. The second-order valence-electron chi connectivity index (χ2n) is 5.76. The zero-order valence-corrected chi connectivity index (χ0v) is 12.3. The highest BCUT2D eigenvalue weighted by molar-refractivity contribution is 5.41. The molecule has 2 rings (SSSR count). The zero-order valence-electron chi connectivity index (χ0n) is 12.3. The van der Waals surface area contributed by atoms with E-state index in [0.29, 0.717) is 0 Å². The number of hydrogen-bond acceptors (Lipinski definition) is 4. The Bertz CT molecular complexity index is 412. The third kappa shape index (κ3) is 3.67. The van der Waals surface area contributed by atoms with Crippen LogP contribution in [-0.4, -0.2) is 48.7 Å². The van der Waals surface area contributed by atoms with Crippen molar-refractivity contribution >= 4 is 5.82 Å². The van der Waals surface area contributed by atoms with Crippen LogP contribution in [0.4, 0.5) is 5.82 Å². The number of anilines is 1. The fourth-order valence-corrected chi connectivity index (χ4v) is 2.78. The monoisotopic (exact) mass is 263 g/mol. The molecule has 2 heterocycles. The van der Waals surface area contributed by atoms with Gasteiger partial charge in [-0.3, -0.25) is 0 Å². The van der Waals surface area contributed by atoms with Crippen molar-refractivity contribution in [3.05, 3.63) is 23.4 Å². The molecule has 1 aromatic rings. The predicted molar refractivity (Wildman–Crippen MR) is 78.4 cm³/mol. The van der Waals surface area contributed by atoms with E-state index in [2.05, 4.69) is 28.9 Å². The normalized spacial score (nSPS) is 17.2. The molecule has 4 heteroatoms. The Hall–Kier alpha value is -1.13. The lowest BCUT2D eigenvalue weighted by atomic mass is 9.96. The molecular weight excluding hydrogens is 238 g/mol. The zero-order chi connectivity index (χ0) is 13.8. The Morgan fingerprint density at radius 1 is 1.32 bits per heavy atom. The first kappa shape index (κ1) is 14.3. The Kier molecular flexibility index (Phi) is 4.77. The molecule has 0 aromatic carbocycles. The lowest BCUT2D eigenvalue weighted by Crippen LogP contribution is -2.37. The van der Waals surface area contributed by atoms with Crippen LogP contribution in [0.25, 0.3) is 0 Å². The first-order valence-electron chi connectivity index (χ1n) is 7.07. The van der Waals surface area contributed by atoms with Gasteiger partial charge in [0.2, 0.25) is 0 Å². The van der Waals surface area contributed by atoms with Gasteiger partial charge in [-0.25, -0.2) is 4.98 Å². The van der Waals surface area contributed by atoms with Crippen molar-refractivity contribution in [2.75, 3.05) is 38.6 Å². The molecule has 1 aliphatic rings. The molecule has 0 atom stereocenters. The van der Waals surface area contributed by atoms with Crippen molar-refractivity contribution in [1.29, 1.82) is 0 Å². The molecule has 1 aliphatic heterocycles. The Morgan fingerprint density at radius 3 is 2.53 bits per heavy atom. The second kappa shape index (κ2) is 6.35. The molecule has 0 bridgehead atoms. The third-order valence-corrected chi connectivity index (χ3v) is 3.91. The molecule has 19 heavy (non-hydrogen) atoms. The fraction of sp³-hybridized carbons (Fsp3) is 0.667. The van der Waals surface area contributed by atoms with Gasteiger partial charge in [-0.1, -0.05) is 6.07 Å². The van der Waals surface area contributed by atoms with Crippen LogP contribution in [0.2, 0.25) is 0 Å². The number of aliphatic hydroxyl groups is 1. The van der Waals surface area contributed by atoms with Crippen molar-refractivity contribution in [2.24, 2.45) is 5.92 Å². The van der Waals surface area contributed by atoms with Crippen LogP contribution in [0.5, 0.6) is 0 Å². The Balaban J connectivity index is 1.96. The smallest absolute Gasteiger partial charge is 0.128 e. The molecule has 0 radical (unpaired) electrons. The number of rotatable bonds is 4. The number of aliphatic hydroxyl groups excluding tert-OH is 1. The number of aromatic nitrogens is 1. The minimum absolute atomic E-state index is 0.0734. The molecule has 1 aromatic heterocycles. The highest BCUT2D eigenvalue weighted by Crippen LogP contribution is 2.23. The van der Waals surface area contributed by atoms with Gasteiger partial charge in [0, 0.05) is 25.3 Å². The number of nitrogens with zero attached hydrogens (tertiary/aromatic N) is 3. The Labute approximate surface area is 116 Å². The molecule has 1 N–H and O–H groups in total. The van der Waals surface area contributed by atoms with Crippen LogP contribution in [0.3, 0.4) is 0 Å². The minimum Gasteiger partial charge on any atom is -0.392 e. The van der Waals surface area contributed by atoms with E-state index in [9.17, 15) is 5.11 Å². The maximum Gasteiger partial charge on any atom is 0.128 e. The third-order valence-electron chi connectivity index (χ3n) is 3.91. The lowest BCUT2D eigenvalue weighted by Gasteiger charge is -2.34. The largest absolute Gasteiger partial charge is 0.392 e. The van der Waals surface area contributed by atoms with Crippen LogP contribution in [-0.2, 0) is 6.61 Å². The van der Waals surface area contributed by atoms with E-state index in [4.69, 9.17) is 0 Å². The summed E-state index contributed by atoms with van der Waals surface area (Å²) in [6, 6.07) is 4.02. The molecule has 0 spiro atoms. The van der Waals surface area contributed by atoms with E-state index in [-0.39, 0.29) is 6.61 Å². The van der Waals surface area contributed by atoms with Gasteiger partial charge in [0.05, 0.1) is 6.61 Å². The van der Waals surface area contributed by atoms with E-state index in [0.717, 1.165) is 36.1 Å². The van der Waals surface area contributed by atoms with Crippen molar-refractivity contribution < 1.29 is 5.11 Å². The van der Waals surface area contributed by atoms with Gasteiger partial charge in [-0.2, -0.15) is 0 Å². The van der Waals surface area contributed by atoms with Crippen LogP contribution in [0.15, 0.2) is 12.1 Å². The molecular formula is C15H25N3O. The van der Waals surface area contributed by atoms with Gasteiger partial charge in [0.1, 0.15) is 5.82 Å². The topological polar surface area (TPSA) is 39.6 Å². The van der Waals surface area contributed by atoms with Crippen LogP contribution in [0, 0.1) is 12.8 Å². The molecule has 1 saturated heterocycles. The summed E-state index contributed by atoms with van der Waals surface area (Å²) in [5.41, 5.74) is 1.86. The van der Waals surface area contributed by atoms with Crippen LogP contribution < -0.4 is 4.90 Å². The summed E-state index contributed by atoms with van der Waals surface area (Å²) in [4.78, 5) is 9.25. The summed E-state index contributed by atoms with van der Waals surface area (Å²) in [6.45, 7) is 5.40. The maximum atomic E-state index is 9.18. The number of aryl methyl sites for hydroxylation is 1. The van der Waals surface area contributed by atoms with Gasteiger partial charge in [-0.15, -0.1) is 0 Å². The predicted octanol–water partition coefficient (Wildman–Crippen LogP) is 1.66. The maximum absolute atomic E-state index is 9.18. The first-order chi connectivity index (χ1) is 9.10. The summed E-state index contributed by atoms with van der Waals surface area (Å²) in [5.74, 6) is 1.86. The molecule has 4 nitrogen and oxygen atoms in total.